The van der Waals surface area contributed by atoms with Crippen LogP contribution in [-0.4, -0.2) is 24.1 Å². The van der Waals surface area contributed by atoms with Crippen molar-refractivity contribution in [2.45, 2.75) is 0 Å². The maximum Gasteiger partial charge on any atom is 0.162 e. The molecule has 0 aliphatic rings. The molecule has 0 amide bonds. The molecule has 0 radical (unpaired) electrons. The summed E-state index contributed by atoms with van der Waals surface area (Å²) in [6, 6.07) is 63.2. The minimum Gasteiger partial charge on any atom is -0.309 e. The van der Waals surface area contributed by atoms with Gasteiger partial charge in [-0.05, 0) is 100 Å². The molecular formula is C51H31N5S. The molecule has 6 heteroatoms. The van der Waals surface area contributed by atoms with E-state index in [1.165, 1.54) is 60.0 Å². The molecule has 0 saturated heterocycles. The van der Waals surface area contributed by atoms with E-state index in [2.05, 4.69) is 178 Å². The molecular weight excluding hydrogens is 715 g/mol. The zero-order valence-corrected chi connectivity index (χ0v) is 31.4. The molecule has 5 heterocycles. The molecule has 266 valence electrons. The van der Waals surface area contributed by atoms with Crippen LogP contribution < -0.4 is 0 Å². The SMILES string of the molecule is c1ccc(-c2cc3nc(-c4ccncc4)nc(-n4c5ccc(-c6ccc7c(c6)c6ccccc6n7-c6ccccc6)cc5c5cc6ccccc6cc54)c3s2)cc1. The Morgan fingerprint density at radius 3 is 1.79 bits per heavy atom. The van der Waals surface area contributed by atoms with E-state index >= 15 is 0 Å². The van der Waals surface area contributed by atoms with Crippen LogP contribution >= 0.6 is 11.3 Å². The fraction of sp³-hybridized carbons (Fsp3) is 0. The summed E-state index contributed by atoms with van der Waals surface area (Å²) in [5.74, 6) is 1.55. The molecule has 0 bridgehead atoms. The number of para-hydroxylation sites is 2. The number of hydrogen-bond donors (Lipinski definition) is 0. The highest BCUT2D eigenvalue weighted by Crippen LogP contribution is 2.43. The molecule has 5 nitrogen and oxygen atoms in total. The number of thiophene rings is 1. The standard InChI is InChI=1S/C51H31N5S/c1-3-11-32(12-4-1)48-31-43-49(57-48)51(54-50(53-43)33-23-25-52-26-24-33)56-46-22-20-37(29-41(46)42-27-34-13-7-8-14-35(34)30-47(42)56)36-19-21-45-40(28-36)39-17-9-10-18-44(39)55(45)38-15-5-2-6-16-38/h1-31H. The van der Waals surface area contributed by atoms with Crippen molar-refractivity contribution in [2.75, 3.05) is 0 Å². The molecule has 12 aromatic rings. The average Bonchev–Trinajstić information content (AvgIpc) is 3.96. The van der Waals surface area contributed by atoms with Crippen molar-refractivity contribution in [3.63, 3.8) is 0 Å². The maximum atomic E-state index is 5.40. The number of nitrogens with zero attached hydrogens (tertiary/aromatic N) is 5. The minimum atomic E-state index is 0.674. The lowest BCUT2D eigenvalue weighted by molar-refractivity contribution is 1.08. The fourth-order valence-electron chi connectivity index (χ4n) is 8.56. The summed E-state index contributed by atoms with van der Waals surface area (Å²) in [6.45, 7) is 0. The molecule has 12 rings (SSSR count). The Bertz CT molecular complexity index is 3510. The van der Waals surface area contributed by atoms with E-state index in [-0.39, 0.29) is 0 Å². The molecule has 0 N–H and O–H groups in total. The number of pyridine rings is 1. The van der Waals surface area contributed by atoms with E-state index < -0.39 is 0 Å². The van der Waals surface area contributed by atoms with Gasteiger partial charge in [-0.15, -0.1) is 11.3 Å². The van der Waals surface area contributed by atoms with Gasteiger partial charge >= 0.3 is 0 Å². The van der Waals surface area contributed by atoms with Crippen molar-refractivity contribution in [1.82, 2.24) is 24.1 Å². The predicted octanol–water partition coefficient (Wildman–Crippen LogP) is 13.4. The van der Waals surface area contributed by atoms with Crippen molar-refractivity contribution < 1.29 is 0 Å². The molecule has 0 saturated carbocycles. The van der Waals surface area contributed by atoms with Crippen LogP contribution in [0.25, 0.3) is 109 Å². The van der Waals surface area contributed by atoms with Crippen molar-refractivity contribution in [2.24, 2.45) is 0 Å². The van der Waals surface area contributed by atoms with Crippen molar-refractivity contribution >= 4 is 75.9 Å². The predicted molar refractivity (Wildman–Crippen MR) is 238 cm³/mol. The molecule has 0 aliphatic heterocycles. The molecule has 7 aromatic carbocycles. The number of rotatable bonds is 5. The van der Waals surface area contributed by atoms with E-state index in [1.54, 1.807) is 23.7 Å². The molecule has 0 spiro atoms. The highest BCUT2D eigenvalue weighted by molar-refractivity contribution is 7.22. The molecule has 0 aliphatic carbocycles. The van der Waals surface area contributed by atoms with Crippen LogP contribution in [0.15, 0.2) is 188 Å². The van der Waals surface area contributed by atoms with Gasteiger partial charge in [-0.3, -0.25) is 9.55 Å². The van der Waals surface area contributed by atoms with Gasteiger partial charge in [0.15, 0.2) is 11.6 Å². The van der Waals surface area contributed by atoms with Gasteiger partial charge in [0.05, 0.1) is 32.3 Å². The van der Waals surface area contributed by atoms with Crippen LogP contribution in [0.1, 0.15) is 0 Å². The van der Waals surface area contributed by atoms with E-state index in [9.17, 15) is 0 Å². The first-order chi connectivity index (χ1) is 28.2. The highest BCUT2D eigenvalue weighted by Gasteiger charge is 2.22. The summed E-state index contributed by atoms with van der Waals surface area (Å²) in [5, 5.41) is 7.23. The first-order valence-corrected chi connectivity index (χ1v) is 19.9. The minimum absolute atomic E-state index is 0.674. The maximum absolute atomic E-state index is 5.40. The van der Waals surface area contributed by atoms with Crippen LogP contribution in [-0.2, 0) is 0 Å². The Morgan fingerprint density at radius 1 is 0.404 bits per heavy atom. The van der Waals surface area contributed by atoms with E-state index in [1.807, 2.05) is 12.1 Å². The van der Waals surface area contributed by atoms with Gasteiger partial charge in [-0.1, -0.05) is 103 Å². The van der Waals surface area contributed by atoms with Gasteiger partial charge in [0.25, 0.3) is 0 Å². The van der Waals surface area contributed by atoms with Gasteiger partial charge in [0.2, 0.25) is 0 Å². The summed E-state index contributed by atoms with van der Waals surface area (Å²) in [4.78, 5) is 16.0. The van der Waals surface area contributed by atoms with Crippen molar-refractivity contribution in [1.29, 1.82) is 0 Å². The lowest BCUT2D eigenvalue weighted by atomic mass is 10.00. The Hall–Kier alpha value is -7.41. The lowest BCUT2D eigenvalue weighted by Crippen LogP contribution is -2.01. The monoisotopic (exact) mass is 745 g/mol. The first kappa shape index (κ1) is 31.9. The summed E-state index contributed by atoms with van der Waals surface area (Å²) < 4.78 is 5.77. The Kier molecular flexibility index (Phi) is 7.03. The highest BCUT2D eigenvalue weighted by atomic mass is 32.1. The smallest absolute Gasteiger partial charge is 0.162 e. The van der Waals surface area contributed by atoms with Crippen LogP contribution in [0, 0.1) is 0 Å². The quantitative estimate of drug-likeness (QED) is 0.176. The second-order valence-corrected chi connectivity index (χ2v) is 15.6. The fourth-order valence-corrected chi connectivity index (χ4v) is 9.64. The zero-order valence-electron chi connectivity index (χ0n) is 30.5. The third kappa shape index (κ3) is 5.04. The Morgan fingerprint density at radius 2 is 1.02 bits per heavy atom. The van der Waals surface area contributed by atoms with Crippen molar-refractivity contribution in [3.8, 4) is 44.5 Å². The number of benzene rings is 7. The number of fused-ring (bicyclic) bond motifs is 8. The Labute approximate surface area is 331 Å². The van der Waals surface area contributed by atoms with E-state index in [4.69, 9.17) is 9.97 Å². The molecule has 57 heavy (non-hydrogen) atoms. The van der Waals surface area contributed by atoms with Crippen LogP contribution in [0.4, 0.5) is 0 Å². The first-order valence-electron chi connectivity index (χ1n) is 19.1. The summed E-state index contributed by atoms with van der Waals surface area (Å²) in [5.41, 5.74) is 11.1. The lowest BCUT2D eigenvalue weighted by Gasteiger charge is -2.11. The Balaban J connectivity index is 1.12. The topological polar surface area (TPSA) is 48.5 Å². The average molecular weight is 746 g/mol. The normalized spacial score (nSPS) is 11.9. The summed E-state index contributed by atoms with van der Waals surface area (Å²) in [6.07, 6.45) is 3.60. The molecule has 5 aromatic heterocycles. The van der Waals surface area contributed by atoms with Crippen LogP contribution in [0.2, 0.25) is 0 Å². The van der Waals surface area contributed by atoms with Gasteiger partial charge in [0, 0.05) is 50.1 Å². The second kappa shape index (κ2) is 12.6. The third-order valence-electron chi connectivity index (χ3n) is 11.2. The van der Waals surface area contributed by atoms with Gasteiger partial charge < -0.3 is 4.57 Å². The van der Waals surface area contributed by atoms with Gasteiger partial charge in [-0.2, -0.15) is 0 Å². The number of hydrogen-bond acceptors (Lipinski definition) is 4. The van der Waals surface area contributed by atoms with Crippen LogP contribution in [0.3, 0.4) is 0 Å². The second-order valence-electron chi connectivity index (χ2n) is 14.5. The van der Waals surface area contributed by atoms with Gasteiger partial charge in [-0.25, -0.2) is 9.97 Å². The van der Waals surface area contributed by atoms with E-state index in [0.717, 1.165) is 43.2 Å². The number of aromatic nitrogens is 5. The van der Waals surface area contributed by atoms with Crippen molar-refractivity contribution in [3.05, 3.63) is 188 Å². The largest absolute Gasteiger partial charge is 0.309 e. The third-order valence-corrected chi connectivity index (χ3v) is 12.4. The van der Waals surface area contributed by atoms with E-state index in [0.29, 0.717) is 5.82 Å². The summed E-state index contributed by atoms with van der Waals surface area (Å²) >= 11 is 1.74. The van der Waals surface area contributed by atoms with Gasteiger partial charge in [0.1, 0.15) is 0 Å². The van der Waals surface area contributed by atoms with Crippen LogP contribution in [0.5, 0.6) is 0 Å². The summed E-state index contributed by atoms with van der Waals surface area (Å²) in [7, 11) is 0. The molecule has 0 fully saturated rings. The molecule has 0 unspecified atom stereocenters. The zero-order chi connectivity index (χ0) is 37.5. The molecule has 0 atom stereocenters.